The first-order valence-corrected chi connectivity index (χ1v) is 4.14. The van der Waals surface area contributed by atoms with E-state index in [2.05, 4.69) is 13.8 Å². The van der Waals surface area contributed by atoms with Crippen LogP contribution in [0.3, 0.4) is 0 Å². The van der Waals surface area contributed by atoms with Crippen LogP contribution < -0.4 is 11.5 Å². The Balaban J connectivity index is 0. The highest BCUT2D eigenvalue weighted by Gasteiger charge is 1.85. The van der Waals surface area contributed by atoms with E-state index in [1.165, 1.54) is 6.42 Å². The van der Waals surface area contributed by atoms with Gasteiger partial charge in [0.25, 0.3) is 0 Å². The van der Waals surface area contributed by atoms with Crippen molar-refractivity contribution in [2.24, 2.45) is 11.5 Å². The monoisotopic (exact) mass is 146 g/mol. The zero-order valence-electron chi connectivity index (χ0n) is 7.56. The highest BCUT2D eigenvalue weighted by atomic mass is 14.6. The molecule has 0 aliphatic heterocycles. The van der Waals surface area contributed by atoms with Gasteiger partial charge in [-0.25, -0.2) is 0 Å². The van der Waals surface area contributed by atoms with Crippen LogP contribution in [0.1, 0.15) is 40.0 Å². The van der Waals surface area contributed by atoms with Crippen LogP contribution in [-0.4, -0.2) is 12.6 Å². The molecular weight excluding hydrogens is 124 g/mol. The summed E-state index contributed by atoms with van der Waals surface area (Å²) in [5.41, 5.74) is 10.4. The van der Waals surface area contributed by atoms with E-state index in [1.54, 1.807) is 0 Å². The first kappa shape index (κ1) is 12.6. The molecule has 0 radical (unpaired) electrons. The molecule has 0 aliphatic rings. The van der Waals surface area contributed by atoms with Gasteiger partial charge in [0.05, 0.1) is 0 Å². The van der Waals surface area contributed by atoms with Crippen molar-refractivity contribution in [1.29, 1.82) is 0 Å². The molecule has 0 amide bonds. The fourth-order valence-electron chi connectivity index (χ4n) is 0.455. The summed E-state index contributed by atoms with van der Waals surface area (Å²) in [7, 11) is 0. The summed E-state index contributed by atoms with van der Waals surface area (Å²) < 4.78 is 0. The lowest BCUT2D eigenvalue weighted by Gasteiger charge is -1.96. The fraction of sp³-hybridized carbons (Fsp3) is 1.00. The van der Waals surface area contributed by atoms with E-state index >= 15 is 0 Å². The first-order valence-electron chi connectivity index (χ1n) is 4.14. The summed E-state index contributed by atoms with van der Waals surface area (Å²) in [4.78, 5) is 0. The first-order chi connectivity index (χ1) is 4.68. The van der Waals surface area contributed by atoms with Gasteiger partial charge in [-0.15, -0.1) is 0 Å². The second-order valence-electron chi connectivity index (χ2n) is 2.55. The lowest BCUT2D eigenvalue weighted by atomic mass is 10.2. The zero-order chi connectivity index (χ0) is 8.41. The van der Waals surface area contributed by atoms with Crippen LogP contribution in [0.25, 0.3) is 0 Å². The Labute approximate surface area is 65.0 Å². The molecule has 1 atom stereocenters. The summed E-state index contributed by atoms with van der Waals surface area (Å²) >= 11 is 0. The third kappa shape index (κ3) is 24.7. The van der Waals surface area contributed by atoms with Gasteiger partial charge >= 0.3 is 0 Å². The van der Waals surface area contributed by atoms with Gasteiger partial charge in [0.2, 0.25) is 0 Å². The van der Waals surface area contributed by atoms with Crippen LogP contribution in [-0.2, 0) is 0 Å². The average Bonchev–Trinajstić information content (AvgIpc) is 1.89. The van der Waals surface area contributed by atoms with Crippen molar-refractivity contribution in [3.63, 3.8) is 0 Å². The van der Waals surface area contributed by atoms with Crippen LogP contribution in [0.15, 0.2) is 0 Å². The lowest BCUT2D eigenvalue weighted by molar-refractivity contribution is 0.653. The van der Waals surface area contributed by atoms with Gasteiger partial charge in [-0.2, -0.15) is 0 Å². The molecule has 0 aromatic rings. The molecule has 0 bridgehead atoms. The van der Waals surface area contributed by atoms with E-state index < -0.39 is 0 Å². The van der Waals surface area contributed by atoms with Gasteiger partial charge in [0.1, 0.15) is 0 Å². The van der Waals surface area contributed by atoms with Crippen molar-refractivity contribution < 1.29 is 0 Å². The molecular formula is C8H22N2. The Hall–Kier alpha value is -0.0800. The third-order valence-corrected chi connectivity index (χ3v) is 1.03. The van der Waals surface area contributed by atoms with Gasteiger partial charge < -0.3 is 11.5 Å². The number of rotatable bonds is 3. The standard InChI is InChI=1S/C5H13N.C3H9N/c1-3-4-5(2)6;1-2-3-4/h5H,3-4,6H2,1-2H3;2-4H2,1H3. The molecule has 2 heteroatoms. The van der Waals surface area contributed by atoms with E-state index in [0.717, 1.165) is 19.4 Å². The van der Waals surface area contributed by atoms with Crippen molar-refractivity contribution in [3.05, 3.63) is 0 Å². The van der Waals surface area contributed by atoms with Gasteiger partial charge in [0.15, 0.2) is 0 Å². The molecule has 0 saturated carbocycles. The number of hydrogen-bond acceptors (Lipinski definition) is 2. The highest BCUT2D eigenvalue weighted by Crippen LogP contribution is 1.88. The van der Waals surface area contributed by atoms with E-state index in [9.17, 15) is 0 Å². The molecule has 0 aliphatic carbocycles. The number of nitrogens with two attached hydrogens (primary N) is 2. The molecule has 0 aromatic carbocycles. The minimum absolute atomic E-state index is 0.398. The maximum Gasteiger partial charge on any atom is 0.00103 e. The van der Waals surface area contributed by atoms with E-state index in [1.807, 2.05) is 6.92 Å². The Morgan fingerprint density at radius 3 is 1.60 bits per heavy atom. The normalized spacial score (nSPS) is 11.7. The molecule has 4 N–H and O–H groups in total. The van der Waals surface area contributed by atoms with E-state index in [4.69, 9.17) is 11.5 Å². The lowest BCUT2D eigenvalue weighted by Crippen LogP contribution is -2.13. The van der Waals surface area contributed by atoms with Crippen molar-refractivity contribution in [2.45, 2.75) is 46.1 Å². The molecule has 1 unspecified atom stereocenters. The number of hydrogen-bond donors (Lipinski definition) is 2. The summed E-state index contributed by atoms with van der Waals surface area (Å²) in [6.45, 7) is 7.05. The van der Waals surface area contributed by atoms with E-state index in [-0.39, 0.29) is 0 Å². The van der Waals surface area contributed by atoms with Gasteiger partial charge in [-0.05, 0) is 26.3 Å². The molecule has 2 nitrogen and oxygen atoms in total. The SMILES string of the molecule is CCCC(C)N.CCCN. The molecule has 0 aromatic heterocycles. The Morgan fingerprint density at radius 1 is 1.20 bits per heavy atom. The largest absolute Gasteiger partial charge is 0.330 e. The summed E-state index contributed by atoms with van der Waals surface area (Å²) in [6.07, 6.45) is 3.46. The van der Waals surface area contributed by atoms with Crippen LogP contribution >= 0.6 is 0 Å². The summed E-state index contributed by atoms with van der Waals surface area (Å²) in [6, 6.07) is 0.398. The molecule has 0 rings (SSSR count). The van der Waals surface area contributed by atoms with Crippen molar-refractivity contribution in [3.8, 4) is 0 Å². The van der Waals surface area contributed by atoms with Gasteiger partial charge in [0, 0.05) is 6.04 Å². The maximum atomic E-state index is 5.40. The predicted octanol–water partition coefficient (Wildman–Crippen LogP) is 1.49. The topological polar surface area (TPSA) is 52.0 Å². The summed E-state index contributed by atoms with van der Waals surface area (Å²) in [5, 5.41) is 0. The Bertz CT molecular complexity index is 42.5. The second-order valence-corrected chi connectivity index (χ2v) is 2.55. The Kier molecular flexibility index (Phi) is 14.7. The van der Waals surface area contributed by atoms with Crippen molar-refractivity contribution in [1.82, 2.24) is 0 Å². The van der Waals surface area contributed by atoms with Gasteiger partial charge in [-0.3, -0.25) is 0 Å². The highest BCUT2D eigenvalue weighted by molar-refractivity contribution is 4.47. The summed E-state index contributed by atoms with van der Waals surface area (Å²) in [5.74, 6) is 0. The van der Waals surface area contributed by atoms with Crippen LogP contribution in [0.2, 0.25) is 0 Å². The molecule has 0 saturated heterocycles. The van der Waals surface area contributed by atoms with E-state index in [0.29, 0.717) is 6.04 Å². The zero-order valence-corrected chi connectivity index (χ0v) is 7.56. The van der Waals surface area contributed by atoms with Crippen LogP contribution in [0.5, 0.6) is 0 Å². The molecule has 0 fully saturated rings. The van der Waals surface area contributed by atoms with Crippen LogP contribution in [0.4, 0.5) is 0 Å². The van der Waals surface area contributed by atoms with Crippen molar-refractivity contribution >= 4 is 0 Å². The maximum absolute atomic E-state index is 5.40. The van der Waals surface area contributed by atoms with Crippen molar-refractivity contribution in [2.75, 3.05) is 6.54 Å². The Morgan fingerprint density at radius 2 is 1.60 bits per heavy atom. The fourth-order valence-corrected chi connectivity index (χ4v) is 0.455. The molecule has 10 heavy (non-hydrogen) atoms. The minimum Gasteiger partial charge on any atom is -0.330 e. The average molecular weight is 146 g/mol. The molecule has 64 valence electrons. The predicted molar refractivity (Wildman–Crippen MR) is 47.9 cm³/mol. The molecule has 0 spiro atoms. The molecule has 0 heterocycles. The quantitative estimate of drug-likeness (QED) is 0.634. The smallest absolute Gasteiger partial charge is 0.00103 e. The van der Waals surface area contributed by atoms with Crippen LogP contribution in [0, 0.1) is 0 Å². The second kappa shape index (κ2) is 11.7. The van der Waals surface area contributed by atoms with Gasteiger partial charge in [-0.1, -0.05) is 20.3 Å². The minimum atomic E-state index is 0.398. The third-order valence-electron chi connectivity index (χ3n) is 1.03.